The lowest BCUT2D eigenvalue weighted by molar-refractivity contribution is 0.756. The van der Waals surface area contributed by atoms with Crippen LogP contribution in [0, 0.1) is 6.92 Å². The average Bonchev–Trinajstić information content (AvgIpc) is 2.45. The fourth-order valence-electron chi connectivity index (χ4n) is 1.56. The molecule has 1 aromatic heterocycles. The molecule has 1 heterocycles. The van der Waals surface area contributed by atoms with Crippen LogP contribution in [0.4, 0.5) is 0 Å². The lowest BCUT2D eigenvalue weighted by atomic mass is 10.1. The van der Waals surface area contributed by atoms with Crippen molar-refractivity contribution in [2.24, 2.45) is 7.05 Å². The molecule has 0 aliphatic rings. The summed E-state index contributed by atoms with van der Waals surface area (Å²) in [6.07, 6.45) is 2.03. The van der Waals surface area contributed by atoms with Crippen LogP contribution >= 0.6 is 12.6 Å². The number of benzene rings is 1. The van der Waals surface area contributed by atoms with Crippen LogP contribution in [0.5, 0.6) is 0 Å². The molecule has 0 bridgehead atoms. The Kier molecular flexibility index (Phi) is 2.33. The first-order chi connectivity index (χ1) is 6.66. The van der Waals surface area contributed by atoms with Gasteiger partial charge in [-0.2, -0.15) is 5.10 Å². The highest BCUT2D eigenvalue weighted by molar-refractivity contribution is 7.80. The van der Waals surface area contributed by atoms with Gasteiger partial charge in [0.25, 0.3) is 0 Å². The summed E-state index contributed by atoms with van der Waals surface area (Å²) in [5.74, 6) is 0. The van der Waals surface area contributed by atoms with Crippen LogP contribution in [0.3, 0.4) is 0 Å². The van der Waals surface area contributed by atoms with Crippen molar-refractivity contribution in [2.75, 3.05) is 0 Å². The first-order valence-corrected chi connectivity index (χ1v) is 4.91. The van der Waals surface area contributed by atoms with E-state index in [-0.39, 0.29) is 0 Å². The number of rotatable bonds is 1. The molecule has 0 saturated heterocycles. The molecule has 0 amide bonds. The summed E-state index contributed by atoms with van der Waals surface area (Å²) in [5.41, 5.74) is 3.39. The van der Waals surface area contributed by atoms with E-state index in [0.717, 1.165) is 10.6 Å². The molecule has 72 valence electrons. The van der Waals surface area contributed by atoms with E-state index in [1.165, 1.54) is 11.1 Å². The van der Waals surface area contributed by atoms with Gasteiger partial charge < -0.3 is 0 Å². The van der Waals surface area contributed by atoms with Gasteiger partial charge in [0.05, 0.1) is 5.69 Å². The predicted molar refractivity (Wildman–Crippen MR) is 60.6 cm³/mol. The molecule has 0 fully saturated rings. The van der Waals surface area contributed by atoms with Gasteiger partial charge in [0.2, 0.25) is 0 Å². The molecule has 2 rings (SSSR count). The third-order valence-corrected chi connectivity index (χ3v) is 2.45. The number of nitrogens with zero attached hydrogens (tertiary/aromatic N) is 2. The van der Waals surface area contributed by atoms with Crippen LogP contribution in [-0.4, -0.2) is 9.78 Å². The highest BCUT2D eigenvalue weighted by Gasteiger charge is 2.05. The number of hydrogen-bond donors (Lipinski definition) is 1. The van der Waals surface area contributed by atoms with Crippen LogP contribution in [-0.2, 0) is 7.05 Å². The second-order valence-electron chi connectivity index (χ2n) is 3.35. The molecule has 3 heteroatoms. The van der Waals surface area contributed by atoms with E-state index in [9.17, 15) is 0 Å². The van der Waals surface area contributed by atoms with Crippen LogP contribution in [0.15, 0.2) is 35.4 Å². The molecule has 0 aliphatic heterocycles. The summed E-state index contributed by atoms with van der Waals surface area (Å²) in [5, 5.41) is 4.31. The Balaban J connectivity index is 2.54. The SMILES string of the molecule is Cc1nn(C)cc1-c1cccc(S)c1. The van der Waals surface area contributed by atoms with Crippen molar-refractivity contribution in [3.8, 4) is 11.1 Å². The Hall–Kier alpha value is -1.22. The molecule has 0 atom stereocenters. The predicted octanol–water partition coefficient (Wildman–Crippen LogP) is 2.68. The quantitative estimate of drug-likeness (QED) is 0.707. The number of aromatic nitrogens is 2. The largest absolute Gasteiger partial charge is 0.275 e. The van der Waals surface area contributed by atoms with Crippen molar-refractivity contribution < 1.29 is 0 Å². The fourth-order valence-corrected chi connectivity index (χ4v) is 1.78. The van der Waals surface area contributed by atoms with E-state index in [2.05, 4.69) is 23.8 Å². The molecule has 2 nitrogen and oxygen atoms in total. The summed E-state index contributed by atoms with van der Waals surface area (Å²) in [6, 6.07) is 8.10. The Labute approximate surface area is 89.0 Å². The summed E-state index contributed by atoms with van der Waals surface area (Å²) in [4.78, 5) is 0.978. The van der Waals surface area contributed by atoms with E-state index in [1.54, 1.807) is 0 Å². The lowest BCUT2D eigenvalue weighted by Crippen LogP contribution is -1.86. The van der Waals surface area contributed by atoms with Crippen molar-refractivity contribution in [3.05, 3.63) is 36.2 Å². The zero-order valence-electron chi connectivity index (χ0n) is 8.23. The van der Waals surface area contributed by atoms with E-state index >= 15 is 0 Å². The number of thiol groups is 1. The number of hydrogen-bond acceptors (Lipinski definition) is 2. The molecule has 0 spiro atoms. The molecule has 0 N–H and O–H groups in total. The van der Waals surface area contributed by atoms with Crippen molar-refractivity contribution in [2.45, 2.75) is 11.8 Å². The average molecular weight is 204 g/mol. The molecular weight excluding hydrogens is 192 g/mol. The van der Waals surface area contributed by atoms with Gasteiger partial charge >= 0.3 is 0 Å². The Morgan fingerprint density at radius 2 is 2.14 bits per heavy atom. The van der Waals surface area contributed by atoms with Crippen molar-refractivity contribution in [1.82, 2.24) is 9.78 Å². The molecule has 2 aromatic rings. The molecule has 1 aromatic carbocycles. The lowest BCUT2D eigenvalue weighted by Gasteiger charge is -1.99. The summed E-state index contributed by atoms with van der Waals surface area (Å²) < 4.78 is 1.83. The third-order valence-electron chi connectivity index (χ3n) is 2.17. The second-order valence-corrected chi connectivity index (χ2v) is 3.87. The van der Waals surface area contributed by atoms with Crippen molar-refractivity contribution >= 4 is 12.6 Å². The van der Waals surface area contributed by atoms with E-state index < -0.39 is 0 Å². The van der Waals surface area contributed by atoms with Gasteiger partial charge in [0, 0.05) is 23.7 Å². The molecule has 0 unspecified atom stereocenters. The third kappa shape index (κ3) is 1.68. The van der Waals surface area contributed by atoms with Gasteiger partial charge in [0.15, 0.2) is 0 Å². The van der Waals surface area contributed by atoms with Crippen LogP contribution in [0.2, 0.25) is 0 Å². The van der Waals surface area contributed by atoms with E-state index in [4.69, 9.17) is 0 Å². The Bertz CT molecular complexity index is 460. The van der Waals surface area contributed by atoms with E-state index in [1.807, 2.05) is 43.0 Å². The monoisotopic (exact) mass is 204 g/mol. The minimum Gasteiger partial charge on any atom is -0.275 e. The Morgan fingerprint density at radius 1 is 1.36 bits per heavy atom. The summed E-state index contributed by atoms with van der Waals surface area (Å²) >= 11 is 4.32. The van der Waals surface area contributed by atoms with Gasteiger partial charge in [-0.25, -0.2) is 0 Å². The van der Waals surface area contributed by atoms with Gasteiger partial charge in [-0.1, -0.05) is 12.1 Å². The van der Waals surface area contributed by atoms with Gasteiger partial charge in [-0.3, -0.25) is 4.68 Å². The number of aryl methyl sites for hydroxylation is 2. The first kappa shape index (κ1) is 9.34. The van der Waals surface area contributed by atoms with E-state index in [0.29, 0.717) is 0 Å². The maximum absolute atomic E-state index is 4.32. The van der Waals surface area contributed by atoms with Gasteiger partial charge in [-0.05, 0) is 24.6 Å². The van der Waals surface area contributed by atoms with Gasteiger partial charge in [-0.15, -0.1) is 12.6 Å². The first-order valence-electron chi connectivity index (χ1n) is 4.46. The topological polar surface area (TPSA) is 17.8 Å². The minimum absolute atomic E-state index is 0.978. The maximum atomic E-state index is 4.32. The molecule has 14 heavy (non-hydrogen) atoms. The molecule has 0 radical (unpaired) electrons. The minimum atomic E-state index is 0.978. The fraction of sp³-hybridized carbons (Fsp3) is 0.182. The zero-order valence-corrected chi connectivity index (χ0v) is 9.12. The molecular formula is C11H12N2S. The van der Waals surface area contributed by atoms with Crippen LogP contribution < -0.4 is 0 Å². The van der Waals surface area contributed by atoms with Crippen molar-refractivity contribution in [1.29, 1.82) is 0 Å². The summed E-state index contributed by atoms with van der Waals surface area (Å²) in [6.45, 7) is 2.01. The standard InChI is InChI=1S/C11H12N2S/c1-8-11(7-13(2)12-8)9-4-3-5-10(14)6-9/h3-7,14H,1-2H3. The zero-order chi connectivity index (χ0) is 10.1. The second kappa shape index (κ2) is 3.50. The normalized spacial score (nSPS) is 10.5. The smallest absolute Gasteiger partial charge is 0.0671 e. The highest BCUT2D eigenvalue weighted by atomic mass is 32.1. The van der Waals surface area contributed by atoms with Gasteiger partial charge in [0.1, 0.15) is 0 Å². The molecule has 0 aliphatic carbocycles. The molecule has 0 saturated carbocycles. The Morgan fingerprint density at radius 3 is 2.71 bits per heavy atom. The highest BCUT2D eigenvalue weighted by Crippen LogP contribution is 2.23. The van der Waals surface area contributed by atoms with Crippen LogP contribution in [0.25, 0.3) is 11.1 Å². The van der Waals surface area contributed by atoms with Crippen molar-refractivity contribution in [3.63, 3.8) is 0 Å². The van der Waals surface area contributed by atoms with Crippen LogP contribution in [0.1, 0.15) is 5.69 Å². The maximum Gasteiger partial charge on any atom is 0.0671 e. The summed E-state index contributed by atoms with van der Waals surface area (Å²) in [7, 11) is 1.93.